The molecule has 0 spiro atoms. The van der Waals surface area contributed by atoms with Gasteiger partial charge in [0.1, 0.15) is 10.5 Å². The molecule has 1 aromatic heterocycles. The number of carboxylic acid groups (broad SMARTS) is 1. The van der Waals surface area contributed by atoms with Crippen LogP contribution in [0.25, 0.3) is 10.4 Å². The van der Waals surface area contributed by atoms with Crippen molar-refractivity contribution in [3.63, 3.8) is 0 Å². The Morgan fingerprint density at radius 1 is 1.06 bits per heavy atom. The maximum absolute atomic E-state index is 13.6. The highest BCUT2D eigenvalue weighted by molar-refractivity contribution is 7.18. The van der Waals surface area contributed by atoms with Crippen molar-refractivity contribution in [3.05, 3.63) is 35.2 Å². The number of ether oxygens (including phenoxy) is 1. The van der Waals surface area contributed by atoms with E-state index in [0.29, 0.717) is 29.8 Å². The molecule has 0 atom stereocenters. The maximum Gasteiger partial charge on any atom is 0.412 e. The minimum absolute atomic E-state index is 0.0387. The average molecular weight is 513 g/mol. The Bertz CT molecular complexity index is 1110. The highest BCUT2D eigenvalue weighted by Gasteiger charge is 2.35. The third kappa shape index (κ3) is 6.66. The molecule has 0 saturated heterocycles. The van der Waals surface area contributed by atoms with E-state index < -0.39 is 17.7 Å². The number of carbonyl (C=O) groups is 3. The molecule has 36 heavy (non-hydrogen) atoms. The number of nitrogens with zero attached hydrogens (tertiary/aromatic N) is 1. The molecule has 8 heteroatoms. The Balaban J connectivity index is 1.57. The second-order valence-electron chi connectivity index (χ2n) is 11.2. The van der Waals surface area contributed by atoms with Gasteiger partial charge in [-0.05, 0) is 94.9 Å². The lowest BCUT2D eigenvalue weighted by Gasteiger charge is -2.31. The van der Waals surface area contributed by atoms with E-state index >= 15 is 0 Å². The molecule has 2 N–H and O–H groups in total. The molecule has 194 valence electrons. The molecule has 2 amide bonds. The van der Waals surface area contributed by atoms with Crippen LogP contribution in [0.5, 0.6) is 0 Å². The lowest BCUT2D eigenvalue weighted by molar-refractivity contribution is -0.123. The van der Waals surface area contributed by atoms with Crippen molar-refractivity contribution in [2.45, 2.75) is 71.8 Å². The number of hydrogen-bond donors (Lipinski definition) is 2. The van der Waals surface area contributed by atoms with Crippen LogP contribution in [0.15, 0.2) is 30.3 Å². The van der Waals surface area contributed by atoms with E-state index in [0.717, 1.165) is 49.0 Å². The zero-order chi connectivity index (χ0) is 26.0. The number of thiophene rings is 1. The number of benzene rings is 1. The van der Waals surface area contributed by atoms with E-state index in [2.05, 4.69) is 12.2 Å². The fourth-order valence-electron chi connectivity index (χ4n) is 4.61. The zero-order valence-corrected chi connectivity index (χ0v) is 22.3. The minimum atomic E-state index is -1.02. The first-order valence-corrected chi connectivity index (χ1v) is 13.6. The molecule has 0 aliphatic heterocycles. The van der Waals surface area contributed by atoms with Crippen molar-refractivity contribution in [3.8, 4) is 10.4 Å². The van der Waals surface area contributed by atoms with Crippen LogP contribution < -0.4 is 10.2 Å². The fourth-order valence-corrected chi connectivity index (χ4v) is 5.62. The van der Waals surface area contributed by atoms with E-state index in [-0.39, 0.29) is 16.7 Å². The van der Waals surface area contributed by atoms with Crippen molar-refractivity contribution in [2.75, 3.05) is 16.8 Å². The number of carboxylic acids is 1. The summed E-state index contributed by atoms with van der Waals surface area (Å²) in [6.07, 6.45) is 5.44. The van der Waals surface area contributed by atoms with Crippen molar-refractivity contribution in [1.82, 2.24) is 0 Å². The van der Waals surface area contributed by atoms with Crippen LogP contribution in [0.1, 0.15) is 75.9 Å². The van der Waals surface area contributed by atoms with Gasteiger partial charge >= 0.3 is 12.1 Å². The van der Waals surface area contributed by atoms with E-state index in [1.54, 1.807) is 37.8 Å². The lowest BCUT2D eigenvalue weighted by Crippen LogP contribution is -2.39. The number of aromatic carboxylic acids is 1. The summed E-state index contributed by atoms with van der Waals surface area (Å²) in [5.74, 6) is 0.0942. The molecule has 0 unspecified atom stereocenters. The van der Waals surface area contributed by atoms with Crippen LogP contribution in [0, 0.1) is 17.8 Å². The molecule has 0 radical (unpaired) electrons. The van der Waals surface area contributed by atoms with E-state index in [4.69, 9.17) is 4.74 Å². The first-order valence-electron chi connectivity index (χ1n) is 12.8. The Morgan fingerprint density at radius 3 is 2.25 bits per heavy atom. The van der Waals surface area contributed by atoms with Gasteiger partial charge in [-0.15, -0.1) is 11.3 Å². The molecule has 1 heterocycles. The SMILES string of the molecule is CC1CCC(C(=O)N(CC2CC2)c2cc(-c3ccc(NC(=O)OC(C)(C)C)cc3)sc2C(=O)O)CC1. The van der Waals surface area contributed by atoms with Crippen molar-refractivity contribution in [2.24, 2.45) is 17.8 Å². The highest BCUT2D eigenvalue weighted by Crippen LogP contribution is 2.41. The minimum Gasteiger partial charge on any atom is -0.477 e. The summed E-state index contributed by atoms with van der Waals surface area (Å²) < 4.78 is 5.29. The molecule has 2 aliphatic rings. The van der Waals surface area contributed by atoms with Gasteiger partial charge in [-0.1, -0.05) is 19.1 Å². The van der Waals surface area contributed by atoms with Crippen molar-refractivity contribution in [1.29, 1.82) is 0 Å². The molecular formula is C28H36N2O5S. The summed E-state index contributed by atoms with van der Waals surface area (Å²) in [5.41, 5.74) is 1.33. The van der Waals surface area contributed by atoms with Crippen LogP contribution >= 0.6 is 11.3 Å². The van der Waals surface area contributed by atoms with Gasteiger partial charge in [0.25, 0.3) is 0 Å². The molecule has 1 aromatic carbocycles. The van der Waals surface area contributed by atoms with Crippen LogP contribution in [0.3, 0.4) is 0 Å². The molecule has 2 saturated carbocycles. The van der Waals surface area contributed by atoms with Crippen LogP contribution in [0.4, 0.5) is 16.2 Å². The monoisotopic (exact) mass is 512 g/mol. The van der Waals surface area contributed by atoms with Gasteiger partial charge in [0.05, 0.1) is 5.69 Å². The first-order chi connectivity index (χ1) is 17.0. The summed E-state index contributed by atoms with van der Waals surface area (Å²) in [7, 11) is 0. The zero-order valence-electron chi connectivity index (χ0n) is 21.5. The van der Waals surface area contributed by atoms with E-state index in [1.807, 2.05) is 18.2 Å². The quantitative estimate of drug-likeness (QED) is 0.415. The number of rotatable bonds is 7. The Labute approximate surface area is 216 Å². The second kappa shape index (κ2) is 10.6. The van der Waals surface area contributed by atoms with Gasteiger partial charge in [-0.2, -0.15) is 0 Å². The number of carbonyl (C=O) groups excluding carboxylic acids is 2. The van der Waals surface area contributed by atoms with Crippen LogP contribution in [-0.4, -0.2) is 35.2 Å². The van der Waals surface area contributed by atoms with Crippen molar-refractivity contribution < 1.29 is 24.2 Å². The number of hydrogen-bond acceptors (Lipinski definition) is 5. The topological polar surface area (TPSA) is 95.9 Å². The Hall–Kier alpha value is -2.87. The van der Waals surface area contributed by atoms with Gasteiger partial charge < -0.3 is 14.7 Å². The normalized spacial score (nSPS) is 20.0. The standard InChI is InChI=1S/C28H36N2O5S/c1-17-5-9-20(10-6-17)25(31)30(16-18-7-8-18)22-15-23(36-24(22)26(32)33)19-11-13-21(14-12-19)29-27(34)35-28(2,3)4/h11-15,17-18,20H,5-10,16H2,1-4H3,(H,29,34)(H,32,33). The van der Waals surface area contributed by atoms with Crippen LogP contribution in [-0.2, 0) is 9.53 Å². The van der Waals surface area contributed by atoms with Gasteiger partial charge in [-0.25, -0.2) is 9.59 Å². The molecule has 2 fully saturated rings. The van der Waals surface area contributed by atoms with Gasteiger partial charge in [0, 0.05) is 23.0 Å². The highest BCUT2D eigenvalue weighted by atomic mass is 32.1. The largest absolute Gasteiger partial charge is 0.477 e. The molecular weight excluding hydrogens is 476 g/mol. The molecule has 2 aromatic rings. The maximum atomic E-state index is 13.6. The van der Waals surface area contributed by atoms with Crippen molar-refractivity contribution >= 4 is 40.7 Å². The summed E-state index contributed by atoms with van der Waals surface area (Å²) in [4.78, 5) is 40.6. The van der Waals surface area contributed by atoms with E-state index in [9.17, 15) is 19.5 Å². The average Bonchev–Trinajstić information content (AvgIpc) is 3.52. The summed E-state index contributed by atoms with van der Waals surface area (Å²) in [5, 5.41) is 12.7. The Kier molecular flexibility index (Phi) is 7.73. The third-order valence-corrected chi connectivity index (χ3v) is 7.94. The second-order valence-corrected chi connectivity index (χ2v) is 12.2. The summed E-state index contributed by atoms with van der Waals surface area (Å²) in [6.45, 7) is 8.22. The Morgan fingerprint density at radius 2 is 1.69 bits per heavy atom. The lowest BCUT2D eigenvalue weighted by atomic mass is 9.82. The molecule has 4 rings (SSSR count). The fraction of sp³-hybridized carbons (Fsp3) is 0.536. The smallest absolute Gasteiger partial charge is 0.412 e. The first kappa shape index (κ1) is 26.2. The van der Waals surface area contributed by atoms with Gasteiger partial charge in [-0.3, -0.25) is 10.1 Å². The van der Waals surface area contributed by atoms with Gasteiger partial charge in [0.2, 0.25) is 5.91 Å². The predicted molar refractivity (Wildman–Crippen MR) is 143 cm³/mol. The summed E-state index contributed by atoms with van der Waals surface area (Å²) >= 11 is 1.18. The number of anilines is 2. The van der Waals surface area contributed by atoms with E-state index in [1.165, 1.54) is 11.3 Å². The predicted octanol–water partition coefficient (Wildman–Crippen LogP) is 7.03. The molecule has 0 bridgehead atoms. The molecule has 2 aliphatic carbocycles. The number of nitrogens with one attached hydrogen (secondary N) is 1. The third-order valence-electron chi connectivity index (χ3n) is 6.78. The van der Waals surface area contributed by atoms with Crippen LogP contribution in [0.2, 0.25) is 0 Å². The van der Waals surface area contributed by atoms with Gasteiger partial charge in [0.15, 0.2) is 0 Å². The number of amides is 2. The summed E-state index contributed by atoms with van der Waals surface area (Å²) in [6, 6.07) is 9.04. The molecule has 7 nitrogen and oxygen atoms in total.